The lowest BCUT2D eigenvalue weighted by Crippen LogP contribution is -2.10. The van der Waals surface area contributed by atoms with Gasteiger partial charge in [-0.05, 0) is 0 Å². The summed E-state index contributed by atoms with van der Waals surface area (Å²) in [6, 6.07) is 0. The molecule has 1 rings (SSSR count). The third-order valence-corrected chi connectivity index (χ3v) is 7.73. The van der Waals surface area contributed by atoms with Crippen LogP contribution in [-0.2, 0) is 0 Å². The van der Waals surface area contributed by atoms with Gasteiger partial charge in [0.25, 0.3) is 0 Å². The van der Waals surface area contributed by atoms with Crippen LogP contribution in [0.5, 0.6) is 0 Å². The van der Waals surface area contributed by atoms with Crippen molar-refractivity contribution in [3.05, 3.63) is 0 Å². The molecule has 72 valence electrons. The van der Waals surface area contributed by atoms with E-state index in [4.69, 9.17) is 0 Å². The average molecular weight is 259 g/mol. The van der Waals surface area contributed by atoms with Crippen molar-refractivity contribution in [1.29, 1.82) is 0 Å². The van der Waals surface area contributed by atoms with Crippen LogP contribution >= 0.6 is 60.5 Å². The van der Waals surface area contributed by atoms with Crippen LogP contribution in [0, 0.1) is 0 Å². The maximum atomic E-state index is 4.29. The SMILES string of the molecule is SCC(CS)SCC1SCCS1. The summed E-state index contributed by atoms with van der Waals surface area (Å²) in [7, 11) is 0. The second-order valence-corrected chi connectivity index (χ2v) is 7.47. The predicted octanol–water partition coefficient (Wildman–Crippen LogP) is 2.75. The lowest BCUT2D eigenvalue weighted by atomic mass is 10.5. The Balaban J connectivity index is 2.06. The number of hydrogen-bond donors (Lipinski definition) is 2. The summed E-state index contributed by atoms with van der Waals surface area (Å²) in [5, 5.41) is 0.637. The van der Waals surface area contributed by atoms with Crippen LogP contribution in [0.3, 0.4) is 0 Å². The Labute approximate surface area is 98.6 Å². The van der Waals surface area contributed by atoms with Crippen LogP contribution in [0.1, 0.15) is 0 Å². The zero-order valence-corrected chi connectivity index (χ0v) is 11.0. The lowest BCUT2D eigenvalue weighted by Gasteiger charge is -2.13. The van der Waals surface area contributed by atoms with Crippen molar-refractivity contribution < 1.29 is 0 Å². The molecule has 0 amide bonds. The van der Waals surface area contributed by atoms with E-state index in [1.165, 1.54) is 17.3 Å². The van der Waals surface area contributed by atoms with Gasteiger partial charge in [0.1, 0.15) is 0 Å². The van der Waals surface area contributed by atoms with Gasteiger partial charge in [0.05, 0.1) is 4.58 Å². The first-order valence-electron chi connectivity index (χ1n) is 3.93. The smallest absolute Gasteiger partial charge is 0.0593 e. The van der Waals surface area contributed by atoms with Crippen LogP contribution in [0.25, 0.3) is 0 Å². The van der Waals surface area contributed by atoms with Crippen LogP contribution in [-0.4, -0.2) is 38.6 Å². The Hall–Kier alpha value is 1.75. The van der Waals surface area contributed by atoms with E-state index in [0.29, 0.717) is 5.25 Å². The molecule has 0 aromatic carbocycles. The summed E-state index contributed by atoms with van der Waals surface area (Å²) in [5.74, 6) is 5.85. The van der Waals surface area contributed by atoms with Crippen LogP contribution in [0.4, 0.5) is 0 Å². The van der Waals surface area contributed by atoms with Gasteiger partial charge in [-0.2, -0.15) is 37.0 Å². The molecule has 0 N–H and O–H groups in total. The third-order valence-electron chi connectivity index (χ3n) is 1.57. The van der Waals surface area contributed by atoms with Gasteiger partial charge in [0.2, 0.25) is 0 Å². The van der Waals surface area contributed by atoms with Crippen molar-refractivity contribution in [3.8, 4) is 0 Å². The van der Waals surface area contributed by atoms with Crippen molar-refractivity contribution in [1.82, 2.24) is 0 Å². The normalized spacial score (nSPS) is 19.2. The molecule has 0 radical (unpaired) electrons. The minimum atomic E-state index is 0.637. The van der Waals surface area contributed by atoms with Crippen molar-refractivity contribution in [3.63, 3.8) is 0 Å². The average Bonchev–Trinajstić information content (AvgIpc) is 2.59. The monoisotopic (exact) mass is 258 g/mol. The van der Waals surface area contributed by atoms with Crippen molar-refractivity contribution in [2.75, 3.05) is 28.8 Å². The summed E-state index contributed by atoms with van der Waals surface area (Å²) in [4.78, 5) is 0. The molecule has 1 aliphatic heterocycles. The molecular weight excluding hydrogens is 244 g/mol. The Morgan fingerprint density at radius 3 is 2.33 bits per heavy atom. The second-order valence-electron chi connectivity index (χ2n) is 2.49. The van der Waals surface area contributed by atoms with Gasteiger partial charge in [0.15, 0.2) is 0 Å². The molecule has 0 unspecified atom stereocenters. The maximum absolute atomic E-state index is 4.29. The molecule has 0 aliphatic carbocycles. The molecule has 0 saturated carbocycles. The van der Waals surface area contributed by atoms with E-state index in [9.17, 15) is 0 Å². The molecule has 0 nitrogen and oxygen atoms in total. The first kappa shape index (κ1) is 11.8. The first-order valence-corrected chi connectivity index (χ1v) is 8.34. The quantitative estimate of drug-likeness (QED) is 0.728. The van der Waals surface area contributed by atoms with Gasteiger partial charge in [-0.1, -0.05) is 0 Å². The molecule has 0 spiro atoms. The molecule has 12 heavy (non-hydrogen) atoms. The summed E-state index contributed by atoms with van der Waals surface area (Å²) >= 11 is 14.8. The fraction of sp³-hybridized carbons (Fsp3) is 1.00. The third kappa shape index (κ3) is 4.31. The van der Waals surface area contributed by atoms with E-state index in [0.717, 1.165) is 16.1 Å². The van der Waals surface area contributed by atoms with Crippen LogP contribution in [0.2, 0.25) is 0 Å². The molecule has 0 bridgehead atoms. The zero-order chi connectivity index (χ0) is 8.81. The zero-order valence-electron chi connectivity index (χ0n) is 6.81. The molecule has 1 fully saturated rings. The van der Waals surface area contributed by atoms with Crippen LogP contribution < -0.4 is 0 Å². The van der Waals surface area contributed by atoms with Crippen molar-refractivity contribution in [2.24, 2.45) is 0 Å². The van der Waals surface area contributed by atoms with Gasteiger partial charge < -0.3 is 0 Å². The van der Waals surface area contributed by atoms with E-state index in [-0.39, 0.29) is 0 Å². The second kappa shape index (κ2) is 7.10. The molecule has 1 aliphatic rings. The topological polar surface area (TPSA) is 0 Å². The molecule has 0 atom stereocenters. The van der Waals surface area contributed by atoms with E-state index >= 15 is 0 Å². The largest absolute Gasteiger partial charge is 0.178 e. The highest BCUT2D eigenvalue weighted by molar-refractivity contribution is 8.21. The summed E-state index contributed by atoms with van der Waals surface area (Å²) in [6.45, 7) is 0. The molecule has 0 aromatic rings. The van der Waals surface area contributed by atoms with Gasteiger partial charge in [-0.3, -0.25) is 0 Å². The Morgan fingerprint density at radius 1 is 1.25 bits per heavy atom. The van der Waals surface area contributed by atoms with Crippen LogP contribution in [0.15, 0.2) is 0 Å². The van der Waals surface area contributed by atoms with Gasteiger partial charge in [0, 0.05) is 34.0 Å². The number of hydrogen-bond acceptors (Lipinski definition) is 5. The highest BCUT2D eigenvalue weighted by Crippen LogP contribution is 2.35. The number of rotatable bonds is 5. The number of thioether (sulfide) groups is 3. The Morgan fingerprint density at radius 2 is 1.83 bits per heavy atom. The molecule has 1 saturated heterocycles. The van der Waals surface area contributed by atoms with E-state index in [1.807, 2.05) is 11.8 Å². The van der Waals surface area contributed by atoms with Gasteiger partial charge >= 0.3 is 0 Å². The van der Waals surface area contributed by atoms with Gasteiger partial charge in [-0.25, -0.2) is 0 Å². The molecule has 1 heterocycles. The van der Waals surface area contributed by atoms with Gasteiger partial charge in [-0.15, -0.1) is 23.5 Å². The van der Waals surface area contributed by atoms with E-state index < -0.39 is 0 Å². The molecule has 0 aromatic heterocycles. The minimum Gasteiger partial charge on any atom is -0.178 e. The summed E-state index contributed by atoms with van der Waals surface area (Å²) in [5.41, 5.74) is 0. The van der Waals surface area contributed by atoms with Crippen molar-refractivity contribution in [2.45, 2.75) is 9.83 Å². The predicted molar refractivity (Wildman–Crippen MR) is 72.7 cm³/mol. The summed E-state index contributed by atoms with van der Waals surface area (Å²) < 4.78 is 0.831. The Bertz CT molecular complexity index is 106. The summed E-state index contributed by atoms with van der Waals surface area (Å²) in [6.07, 6.45) is 0. The Kier molecular flexibility index (Phi) is 6.99. The molecule has 5 heteroatoms. The highest BCUT2D eigenvalue weighted by atomic mass is 32.2. The van der Waals surface area contributed by atoms with E-state index in [2.05, 4.69) is 48.8 Å². The fourth-order valence-electron chi connectivity index (χ4n) is 0.881. The maximum Gasteiger partial charge on any atom is 0.0593 e. The van der Waals surface area contributed by atoms with Crippen molar-refractivity contribution >= 4 is 60.5 Å². The number of thiol groups is 2. The first-order chi connectivity index (χ1) is 5.86. The fourth-order valence-corrected chi connectivity index (χ4v) is 6.11. The highest BCUT2D eigenvalue weighted by Gasteiger charge is 2.17. The molecular formula is C7H14S5. The lowest BCUT2D eigenvalue weighted by molar-refractivity contribution is 1.15. The minimum absolute atomic E-state index is 0.637. The van der Waals surface area contributed by atoms with E-state index in [1.54, 1.807) is 0 Å². The standard InChI is InChI=1S/C7H14S5/c8-3-6(4-9)12-5-7-10-1-2-11-7/h6-9H,1-5H2.